The first-order chi connectivity index (χ1) is 12.4. The summed E-state index contributed by atoms with van der Waals surface area (Å²) in [5, 5.41) is 1.08. The number of nitrogens with one attached hydrogen (secondary N) is 1. The summed E-state index contributed by atoms with van der Waals surface area (Å²) in [6, 6.07) is 12.1. The first kappa shape index (κ1) is 17.9. The molecule has 3 aromatic rings. The fraction of sp³-hybridized carbons (Fsp3) is 0.211. The van der Waals surface area contributed by atoms with Gasteiger partial charge in [0.15, 0.2) is 18.5 Å². The Labute approximate surface area is 154 Å². The second kappa shape index (κ2) is 7.58. The Balaban J connectivity index is 1.66. The van der Waals surface area contributed by atoms with Gasteiger partial charge in [0.25, 0.3) is 5.56 Å². The zero-order valence-electron chi connectivity index (χ0n) is 14.3. The molecule has 0 fully saturated rings. The van der Waals surface area contributed by atoms with Crippen LogP contribution >= 0.6 is 11.6 Å². The van der Waals surface area contributed by atoms with Gasteiger partial charge in [-0.15, -0.1) is 0 Å². The number of carbonyl (C=O) groups excluding carboxylic acids is 1. The Kier molecular flexibility index (Phi) is 5.23. The SMILES string of the molecule is Cc1cc(Cl)ccc1OCC(=O)O[C@@H](C)c1nc2ccccc2c(=O)[nH]1. The van der Waals surface area contributed by atoms with Crippen LogP contribution in [0.5, 0.6) is 5.75 Å². The number of ether oxygens (including phenoxy) is 2. The van der Waals surface area contributed by atoms with Crippen LogP contribution in [0.4, 0.5) is 0 Å². The zero-order valence-corrected chi connectivity index (χ0v) is 15.0. The number of hydrogen-bond acceptors (Lipinski definition) is 5. The Morgan fingerprint density at radius 2 is 2.04 bits per heavy atom. The Morgan fingerprint density at radius 1 is 1.27 bits per heavy atom. The van der Waals surface area contributed by atoms with Gasteiger partial charge < -0.3 is 14.5 Å². The molecule has 0 amide bonds. The summed E-state index contributed by atoms with van der Waals surface area (Å²) in [5.41, 5.74) is 1.09. The maximum Gasteiger partial charge on any atom is 0.344 e. The summed E-state index contributed by atoms with van der Waals surface area (Å²) in [7, 11) is 0. The van der Waals surface area contributed by atoms with E-state index < -0.39 is 12.1 Å². The topological polar surface area (TPSA) is 81.3 Å². The van der Waals surface area contributed by atoms with E-state index in [1.54, 1.807) is 49.4 Å². The lowest BCUT2D eigenvalue weighted by Gasteiger charge is -2.14. The van der Waals surface area contributed by atoms with Gasteiger partial charge in [0.2, 0.25) is 0 Å². The minimum Gasteiger partial charge on any atom is -0.482 e. The van der Waals surface area contributed by atoms with E-state index in [0.717, 1.165) is 5.56 Å². The van der Waals surface area contributed by atoms with Gasteiger partial charge in [0.05, 0.1) is 10.9 Å². The van der Waals surface area contributed by atoms with Crippen LogP contribution in [-0.2, 0) is 9.53 Å². The van der Waals surface area contributed by atoms with Crippen molar-refractivity contribution in [3.05, 3.63) is 69.2 Å². The van der Waals surface area contributed by atoms with Gasteiger partial charge in [-0.05, 0) is 49.7 Å². The number of aromatic nitrogens is 2. The highest BCUT2D eigenvalue weighted by Gasteiger charge is 2.16. The third kappa shape index (κ3) is 4.03. The van der Waals surface area contributed by atoms with Crippen molar-refractivity contribution in [1.82, 2.24) is 9.97 Å². The van der Waals surface area contributed by atoms with Gasteiger partial charge in [-0.3, -0.25) is 4.79 Å². The first-order valence-electron chi connectivity index (χ1n) is 8.01. The largest absolute Gasteiger partial charge is 0.482 e. The molecule has 1 heterocycles. The summed E-state index contributed by atoms with van der Waals surface area (Å²) < 4.78 is 10.8. The molecule has 6 nitrogen and oxygen atoms in total. The van der Waals surface area contributed by atoms with Gasteiger partial charge in [-0.2, -0.15) is 0 Å². The van der Waals surface area contributed by atoms with Crippen molar-refractivity contribution in [2.24, 2.45) is 0 Å². The maximum absolute atomic E-state index is 12.1. The third-order valence-corrected chi connectivity index (χ3v) is 4.04. The molecular formula is C19H17ClN2O4. The summed E-state index contributed by atoms with van der Waals surface area (Å²) in [5.74, 6) is 0.267. The van der Waals surface area contributed by atoms with Crippen molar-refractivity contribution < 1.29 is 14.3 Å². The van der Waals surface area contributed by atoms with Crippen molar-refractivity contribution in [2.75, 3.05) is 6.61 Å². The molecule has 0 aliphatic rings. The molecule has 26 heavy (non-hydrogen) atoms. The van der Waals surface area contributed by atoms with Gasteiger partial charge in [0, 0.05) is 5.02 Å². The fourth-order valence-electron chi connectivity index (χ4n) is 2.50. The van der Waals surface area contributed by atoms with Crippen LogP contribution in [0.25, 0.3) is 10.9 Å². The van der Waals surface area contributed by atoms with E-state index in [1.165, 1.54) is 0 Å². The van der Waals surface area contributed by atoms with E-state index in [-0.39, 0.29) is 18.0 Å². The molecule has 0 bridgehead atoms. The Hall–Kier alpha value is -2.86. The standard InChI is InChI=1S/C19H17ClN2O4/c1-11-9-13(20)7-8-16(11)25-10-17(23)26-12(2)18-21-15-6-4-3-5-14(15)19(24)22-18/h3-9,12H,10H2,1-2H3,(H,21,22,24)/t12-/m0/s1. The predicted octanol–water partition coefficient (Wildman–Crippen LogP) is 3.57. The number of esters is 1. The van der Waals surface area contributed by atoms with Crippen LogP contribution in [0, 0.1) is 6.92 Å². The second-order valence-electron chi connectivity index (χ2n) is 5.80. The van der Waals surface area contributed by atoms with Crippen molar-refractivity contribution in [1.29, 1.82) is 0 Å². The van der Waals surface area contributed by atoms with Crippen LogP contribution in [0.15, 0.2) is 47.3 Å². The minimum absolute atomic E-state index is 0.259. The molecule has 0 saturated heterocycles. The number of nitrogens with zero attached hydrogens (tertiary/aromatic N) is 1. The summed E-state index contributed by atoms with van der Waals surface area (Å²) >= 11 is 5.89. The van der Waals surface area contributed by atoms with Gasteiger partial charge in [-0.1, -0.05) is 23.7 Å². The molecule has 0 aliphatic heterocycles. The first-order valence-corrected chi connectivity index (χ1v) is 8.39. The van der Waals surface area contributed by atoms with E-state index in [9.17, 15) is 9.59 Å². The number of aromatic amines is 1. The molecule has 0 saturated carbocycles. The van der Waals surface area contributed by atoms with E-state index in [2.05, 4.69) is 9.97 Å². The number of rotatable bonds is 5. The number of hydrogen-bond donors (Lipinski definition) is 1. The van der Waals surface area contributed by atoms with Crippen LogP contribution in [0.2, 0.25) is 5.02 Å². The highest BCUT2D eigenvalue weighted by atomic mass is 35.5. The Bertz CT molecular complexity index is 1020. The molecule has 2 aromatic carbocycles. The average Bonchev–Trinajstić information content (AvgIpc) is 2.61. The Morgan fingerprint density at radius 3 is 2.81 bits per heavy atom. The van der Waals surface area contributed by atoms with Crippen LogP contribution in [-0.4, -0.2) is 22.5 Å². The highest BCUT2D eigenvalue weighted by molar-refractivity contribution is 6.30. The molecule has 0 spiro atoms. The van der Waals surface area contributed by atoms with Crippen molar-refractivity contribution in [3.63, 3.8) is 0 Å². The summed E-state index contributed by atoms with van der Waals surface area (Å²) in [4.78, 5) is 31.1. The highest BCUT2D eigenvalue weighted by Crippen LogP contribution is 2.22. The minimum atomic E-state index is -0.713. The van der Waals surface area contributed by atoms with Crippen molar-refractivity contribution in [3.8, 4) is 5.75 Å². The van der Waals surface area contributed by atoms with Crippen LogP contribution in [0.1, 0.15) is 24.4 Å². The van der Waals surface area contributed by atoms with Crippen LogP contribution < -0.4 is 10.3 Å². The lowest BCUT2D eigenvalue weighted by atomic mass is 10.2. The lowest BCUT2D eigenvalue weighted by molar-refractivity contribution is -0.151. The fourth-order valence-corrected chi connectivity index (χ4v) is 2.72. The zero-order chi connectivity index (χ0) is 18.7. The molecule has 0 aliphatic carbocycles. The number of fused-ring (bicyclic) bond motifs is 1. The summed E-state index contributed by atoms with van der Waals surface area (Å²) in [6.45, 7) is 3.21. The number of H-pyrrole nitrogens is 1. The van der Waals surface area contributed by atoms with Crippen molar-refractivity contribution >= 4 is 28.5 Å². The molecular weight excluding hydrogens is 356 g/mol. The second-order valence-corrected chi connectivity index (χ2v) is 6.24. The number of halogens is 1. The summed E-state index contributed by atoms with van der Waals surface area (Å²) in [6.07, 6.45) is -0.713. The average molecular weight is 373 g/mol. The molecule has 3 rings (SSSR count). The van der Waals surface area contributed by atoms with Gasteiger partial charge >= 0.3 is 5.97 Å². The number of aryl methyl sites for hydroxylation is 1. The van der Waals surface area contributed by atoms with Crippen LogP contribution in [0.3, 0.4) is 0 Å². The number of benzene rings is 2. The quantitative estimate of drug-likeness (QED) is 0.692. The predicted molar refractivity (Wildman–Crippen MR) is 98.6 cm³/mol. The molecule has 0 radical (unpaired) electrons. The molecule has 1 atom stereocenters. The van der Waals surface area contributed by atoms with Gasteiger partial charge in [0.1, 0.15) is 5.75 Å². The third-order valence-electron chi connectivity index (χ3n) is 3.81. The van der Waals surface area contributed by atoms with E-state index >= 15 is 0 Å². The van der Waals surface area contributed by atoms with E-state index in [1.807, 2.05) is 6.92 Å². The maximum atomic E-state index is 12.1. The van der Waals surface area contributed by atoms with Gasteiger partial charge in [-0.25, -0.2) is 9.78 Å². The molecule has 1 N–H and O–H groups in total. The molecule has 7 heteroatoms. The molecule has 134 valence electrons. The van der Waals surface area contributed by atoms with Crippen molar-refractivity contribution in [2.45, 2.75) is 20.0 Å². The lowest BCUT2D eigenvalue weighted by Crippen LogP contribution is -2.20. The number of para-hydroxylation sites is 1. The smallest absolute Gasteiger partial charge is 0.344 e. The normalized spacial score (nSPS) is 12.0. The number of carbonyl (C=O) groups is 1. The van der Waals surface area contributed by atoms with E-state index in [0.29, 0.717) is 21.7 Å². The van der Waals surface area contributed by atoms with E-state index in [4.69, 9.17) is 21.1 Å². The monoisotopic (exact) mass is 372 g/mol. The molecule has 1 aromatic heterocycles. The molecule has 0 unspecified atom stereocenters.